The van der Waals surface area contributed by atoms with Gasteiger partial charge in [-0.3, -0.25) is 0 Å². The van der Waals surface area contributed by atoms with Gasteiger partial charge in [0.05, 0.1) is 0 Å². The van der Waals surface area contributed by atoms with Gasteiger partial charge in [0.15, 0.2) is 0 Å². The van der Waals surface area contributed by atoms with E-state index in [0.29, 0.717) is 0 Å². The Labute approximate surface area is 60.0 Å². The zero-order chi connectivity index (χ0) is 6.41. The normalized spacial score (nSPS) is 9.50. The molecule has 0 aromatic heterocycles. The summed E-state index contributed by atoms with van der Waals surface area (Å²) in [5, 5.41) is 1.56. The molecule has 0 bridgehead atoms. The first-order chi connectivity index (χ1) is 3.77. The van der Waals surface area contributed by atoms with Crippen molar-refractivity contribution in [2.45, 2.75) is 17.0 Å². The van der Waals surface area contributed by atoms with Crippen LogP contribution in [0.15, 0.2) is 0 Å². The molecular formula is C6H15NZn. The van der Waals surface area contributed by atoms with Crippen LogP contribution in [0.25, 0.3) is 0 Å². The fraction of sp³-hybridized carbons (Fsp3) is 1.00. The van der Waals surface area contributed by atoms with Crippen molar-refractivity contribution in [3.63, 3.8) is 0 Å². The summed E-state index contributed by atoms with van der Waals surface area (Å²) in [5.41, 5.74) is 2.42. The molecule has 0 amide bonds. The van der Waals surface area contributed by atoms with E-state index >= 15 is 0 Å². The minimum absolute atomic E-state index is 0.000347. The van der Waals surface area contributed by atoms with Crippen LogP contribution < -0.4 is 0 Å². The molecule has 0 aromatic rings. The Morgan fingerprint density at radius 1 is 1.38 bits per heavy atom. The molecule has 1 nitrogen and oxygen atoms in total. The van der Waals surface area contributed by atoms with Crippen LogP contribution >= 0.6 is 0 Å². The van der Waals surface area contributed by atoms with Crippen molar-refractivity contribution in [3.8, 4) is 0 Å². The van der Waals surface area contributed by atoms with Crippen LogP contribution in [0, 0.1) is 0 Å². The van der Waals surface area contributed by atoms with E-state index in [-0.39, 0.29) is 17.1 Å². The standard InChI is InChI=1S/C5H12N.CH3.Zn/c1-4-5-6(2)3;;/h1,4-5H2,2-3H3;1H3;. The summed E-state index contributed by atoms with van der Waals surface area (Å²) in [7, 11) is 4.28. The maximum absolute atomic E-state index is 2.42. The van der Waals surface area contributed by atoms with Crippen LogP contribution in [0.3, 0.4) is 0 Å². The Hall–Kier alpha value is 0.583. The maximum atomic E-state index is 2.42. The summed E-state index contributed by atoms with van der Waals surface area (Å²) in [6.07, 6.45) is 1.43. The molecule has 0 radical (unpaired) electrons. The van der Waals surface area contributed by atoms with E-state index in [2.05, 4.69) is 24.5 Å². The molecule has 2 heteroatoms. The fourth-order valence-corrected chi connectivity index (χ4v) is 2.20. The molecule has 0 unspecified atom stereocenters. The summed E-state index contributed by atoms with van der Waals surface area (Å²) in [5.74, 6) is 0. The summed E-state index contributed by atoms with van der Waals surface area (Å²) >= 11 is 0.000347. The van der Waals surface area contributed by atoms with Gasteiger partial charge in [-0.1, -0.05) is 0 Å². The van der Waals surface area contributed by atoms with Crippen molar-refractivity contribution in [2.24, 2.45) is 0 Å². The Morgan fingerprint density at radius 3 is 2.38 bits per heavy atom. The van der Waals surface area contributed by atoms with Crippen molar-refractivity contribution in [1.82, 2.24) is 4.90 Å². The molecule has 0 heterocycles. The molecule has 0 rings (SSSR count). The first kappa shape index (κ1) is 8.58. The van der Waals surface area contributed by atoms with Crippen molar-refractivity contribution < 1.29 is 17.1 Å². The third-order valence-corrected chi connectivity index (χ3v) is 3.74. The van der Waals surface area contributed by atoms with E-state index < -0.39 is 0 Å². The molecule has 46 valence electrons. The van der Waals surface area contributed by atoms with Crippen LogP contribution in [0.5, 0.6) is 0 Å². The Kier molecular flexibility index (Phi) is 6.13. The van der Waals surface area contributed by atoms with E-state index in [9.17, 15) is 0 Å². The Morgan fingerprint density at radius 2 is 2.00 bits per heavy atom. The van der Waals surface area contributed by atoms with Gasteiger partial charge in [0.2, 0.25) is 0 Å². The van der Waals surface area contributed by atoms with Gasteiger partial charge in [-0.2, -0.15) is 0 Å². The zero-order valence-electron chi connectivity index (χ0n) is 6.28. The second-order valence-corrected chi connectivity index (χ2v) is 6.09. The van der Waals surface area contributed by atoms with E-state index in [1.54, 1.807) is 5.02 Å². The monoisotopic (exact) mass is 165 g/mol. The SMILES string of the molecule is [CH3][Zn][CH2]CCN(C)C. The van der Waals surface area contributed by atoms with Gasteiger partial charge in [-0.15, -0.1) is 0 Å². The Bertz CT molecular complexity index is 45.8. The molecule has 0 spiro atoms. The van der Waals surface area contributed by atoms with Crippen molar-refractivity contribution in [1.29, 1.82) is 0 Å². The molecule has 0 aliphatic carbocycles. The summed E-state index contributed by atoms with van der Waals surface area (Å²) in [6, 6.07) is 0. The summed E-state index contributed by atoms with van der Waals surface area (Å²) in [6.45, 7) is 1.29. The number of hydrogen-bond acceptors (Lipinski definition) is 1. The fourth-order valence-electron chi connectivity index (χ4n) is 0.678. The predicted octanol–water partition coefficient (Wildman–Crippen LogP) is 1.49. The molecule has 8 heavy (non-hydrogen) atoms. The first-order valence-electron chi connectivity index (χ1n) is 3.42. The van der Waals surface area contributed by atoms with Crippen LogP contribution in [0.2, 0.25) is 10.5 Å². The van der Waals surface area contributed by atoms with E-state index in [1.807, 2.05) is 0 Å². The molecule has 0 aromatic carbocycles. The topological polar surface area (TPSA) is 3.24 Å². The molecule has 0 atom stereocenters. The minimum atomic E-state index is 0.000347. The van der Waals surface area contributed by atoms with E-state index in [0.717, 1.165) is 0 Å². The third-order valence-electron chi connectivity index (χ3n) is 1.21. The molecular weight excluding hydrogens is 151 g/mol. The van der Waals surface area contributed by atoms with Gasteiger partial charge in [-0.05, 0) is 0 Å². The second-order valence-electron chi connectivity index (χ2n) is 2.51. The Balaban J connectivity index is 2.72. The average Bonchev–Trinajstić information content (AvgIpc) is 1.66. The van der Waals surface area contributed by atoms with Crippen molar-refractivity contribution in [2.75, 3.05) is 20.6 Å². The van der Waals surface area contributed by atoms with Crippen LogP contribution in [-0.2, 0) is 17.1 Å². The van der Waals surface area contributed by atoms with Gasteiger partial charge in [0.25, 0.3) is 0 Å². The van der Waals surface area contributed by atoms with Crippen LogP contribution in [-0.4, -0.2) is 25.5 Å². The van der Waals surface area contributed by atoms with Crippen molar-refractivity contribution in [3.05, 3.63) is 0 Å². The zero-order valence-corrected chi connectivity index (χ0v) is 9.24. The molecule has 0 saturated carbocycles. The van der Waals surface area contributed by atoms with Gasteiger partial charge in [0, 0.05) is 0 Å². The van der Waals surface area contributed by atoms with Gasteiger partial charge < -0.3 is 0 Å². The quantitative estimate of drug-likeness (QED) is 0.452. The summed E-state index contributed by atoms with van der Waals surface area (Å²) in [4.78, 5) is 2.26. The van der Waals surface area contributed by atoms with Crippen molar-refractivity contribution >= 4 is 0 Å². The average molecular weight is 167 g/mol. The third kappa shape index (κ3) is 6.58. The molecule has 0 N–H and O–H groups in total. The number of rotatable bonds is 4. The van der Waals surface area contributed by atoms with Gasteiger partial charge in [0.1, 0.15) is 0 Å². The number of nitrogens with zero attached hydrogens (tertiary/aromatic N) is 1. The molecule has 0 fully saturated rings. The predicted molar refractivity (Wildman–Crippen MR) is 33.8 cm³/mol. The van der Waals surface area contributed by atoms with E-state index in [1.165, 1.54) is 13.0 Å². The first-order valence-corrected chi connectivity index (χ1v) is 8.48. The van der Waals surface area contributed by atoms with Gasteiger partial charge in [-0.25, -0.2) is 0 Å². The second kappa shape index (κ2) is 5.72. The summed E-state index contributed by atoms with van der Waals surface area (Å²) < 4.78 is 0. The van der Waals surface area contributed by atoms with Crippen LogP contribution in [0.1, 0.15) is 6.42 Å². The van der Waals surface area contributed by atoms with Crippen LogP contribution in [0.4, 0.5) is 0 Å². The van der Waals surface area contributed by atoms with Gasteiger partial charge >= 0.3 is 59.6 Å². The molecule has 0 saturated heterocycles. The van der Waals surface area contributed by atoms with E-state index in [4.69, 9.17) is 0 Å². The molecule has 0 aliphatic heterocycles. The number of hydrogen-bond donors (Lipinski definition) is 0. The molecule has 0 aliphatic rings.